The van der Waals surface area contributed by atoms with Crippen molar-refractivity contribution in [1.29, 1.82) is 0 Å². The van der Waals surface area contributed by atoms with E-state index in [2.05, 4.69) is 17.5 Å². The molecule has 2 aliphatic rings. The Bertz CT molecular complexity index is 842. The molecule has 0 atom stereocenters. The molecule has 0 N–H and O–H groups in total. The van der Waals surface area contributed by atoms with Crippen molar-refractivity contribution in [3.8, 4) is 0 Å². The highest BCUT2D eigenvalue weighted by Gasteiger charge is 2.44. The standard InChI is InChI=1S/C24H27NO2/c1-18(2)20-8-9-21(23(26)27-17-19-6-4-3-5-7-19)22(16-20)25-14-12-24(10-11-24)13-15-25/h3-9,16H,1,10-15,17H2,2H3. The van der Waals surface area contributed by atoms with Gasteiger partial charge in [-0.3, -0.25) is 0 Å². The zero-order chi connectivity index (χ0) is 18.9. The van der Waals surface area contributed by atoms with Crippen LogP contribution in [0.5, 0.6) is 0 Å². The minimum atomic E-state index is -0.256. The fourth-order valence-corrected chi connectivity index (χ4v) is 3.93. The summed E-state index contributed by atoms with van der Waals surface area (Å²) in [5.41, 5.74) is 5.34. The molecule has 1 aliphatic heterocycles. The lowest BCUT2D eigenvalue weighted by Gasteiger charge is -2.35. The van der Waals surface area contributed by atoms with Crippen molar-refractivity contribution in [2.75, 3.05) is 18.0 Å². The Morgan fingerprint density at radius 3 is 2.41 bits per heavy atom. The van der Waals surface area contributed by atoms with Gasteiger partial charge in [0.15, 0.2) is 0 Å². The Morgan fingerprint density at radius 2 is 1.78 bits per heavy atom. The maximum absolute atomic E-state index is 12.8. The summed E-state index contributed by atoms with van der Waals surface area (Å²) < 4.78 is 5.61. The molecule has 1 aliphatic carbocycles. The summed E-state index contributed by atoms with van der Waals surface area (Å²) in [6.07, 6.45) is 5.20. The molecule has 1 saturated heterocycles. The van der Waals surface area contributed by atoms with Gasteiger partial charge in [-0.2, -0.15) is 0 Å². The van der Waals surface area contributed by atoms with E-state index in [9.17, 15) is 4.79 Å². The van der Waals surface area contributed by atoms with Gasteiger partial charge in [-0.1, -0.05) is 48.6 Å². The average Bonchev–Trinajstić information content (AvgIpc) is 3.46. The van der Waals surface area contributed by atoms with Crippen molar-refractivity contribution < 1.29 is 9.53 Å². The molecule has 1 saturated carbocycles. The topological polar surface area (TPSA) is 29.5 Å². The van der Waals surface area contributed by atoms with E-state index in [1.54, 1.807) is 0 Å². The van der Waals surface area contributed by atoms with Gasteiger partial charge in [0, 0.05) is 13.1 Å². The SMILES string of the molecule is C=C(C)c1ccc(C(=O)OCc2ccccc2)c(N2CCC3(CC2)CC3)c1. The molecule has 140 valence electrons. The van der Waals surface area contributed by atoms with Crippen LogP contribution >= 0.6 is 0 Å². The van der Waals surface area contributed by atoms with Crippen LogP contribution in [0.4, 0.5) is 5.69 Å². The van der Waals surface area contributed by atoms with Gasteiger partial charge in [-0.05, 0) is 61.3 Å². The van der Waals surface area contributed by atoms with Gasteiger partial charge < -0.3 is 9.64 Å². The fourth-order valence-electron chi connectivity index (χ4n) is 3.93. The lowest BCUT2D eigenvalue weighted by atomic mass is 9.92. The first-order valence-electron chi connectivity index (χ1n) is 9.82. The normalized spacial score (nSPS) is 17.6. The molecular formula is C24H27NO2. The summed E-state index contributed by atoms with van der Waals surface area (Å²) in [7, 11) is 0. The average molecular weight is 361 g/mol. The number of anilines is 1. The van der Waals surface area contributed by atoms with Crippen LogP contribution < -0.4 is 4.90 Å². The van der Waals surface area contributed by atoms with Gasteiger partial charge in [-0.25, -0.2) is 4.79 Å². The first-order chi connectivity index (χ1) is 13.1. The smallest absolute Gasteiger partial charge is 0.340 e. The molecule has 2 fully saturated rings. The molecule has 0 amide bonds. The largest absolute Gasteiger partial charge is 0.457 e. The number of esters is 1. The Balaban J connectivity index is 1.55. The van der Waals surface area contributed by atoms with E-state index in [-0.39, 0.29) is 5.97 Å². The number of piperidine rings is 1. The van der Waals surface area contributed by atoms with Crippen LogP contribution in [-0.2, 0) is 11.3 Å². The lowest BCUT2D eigenvalue weighted by Crippen LogP contribution is -2.35. The molecule has 1 spiro atoms. The van der Waals surface area contributed by atoms with E-state index in [1.807, 2.05) is 49.4 Å². The predicted octanol–water partition coefficient (Wildman–Crippen LogP) is 5.46. The number of carbonyl (C=O) groups excluding carboxylic acids is 1. The van der Waals surface area contributed by atoms with Gasteiger partial charge in [0.25, 0.3) is 0 Å². The molecule has 3 heteroatoms. The van der Waals surface area contributed by atoms with Crippen LogP contribution in [0.15, 0.2) is 55.1 Å². The van der Waals surface area contributed by atoms with E-state index in [0.29, 0.717) is 17.6 Å². The Labute approximate surface area is 161 Å². The Kier molecular flexibility index (Phi) is 4.77. The van der Waals surface area contributed by atoms with Gasteiger partial charge >= 0.3 is 5.97 Å². The third kappa shape index (κ3) is 3.92. The van der Waals surface area contributed by atoms with E-state index in [4.69, 9.17) is 4.74 Å². The van der Waals surface area contributed by atoms with Gasteiger partial charge in [0.1, 0.15) is 6.61 Å². The number of carbonyl (C=O) groups is 1. The van der Waals surface area contributed by atoms with Crippen molar-refractivity contribution in [3.05, 3.63) is 71.8 Å². The molecule has 1 heterocycles. The summed E-state index contributed by atoms with van der Waals surface area (Å²) in [4.78, 5) is 15.2. The number of nitrogens with zero attached hydrogens (tertiary/aromatic N) is 1. The summed E-state index contributed by atoms with van der Waals surface area (Å²) in [5, 5.41) is 0. The molecule has 4 rings (SSSR count). The summed E-state index contributed by atoms with van der Waals surface area (Å²) in [6.45, 7) is 8.38. The van der Waals surface area contributed by atoms with Crippen molar-refractivity contribution in [2.45, 2.75) is 39.2 Å². The predicted molar refractivity (Wildman–Crippen MR) is 110 cm³/mol. The van der Waals surface area contributed by atoms with Crippen LogP contribution in [0, 0.1) is 5.41 Å². The maximum Gasteiger partial charge on any atom is 0.340 e. The first-order valence-corrected chi connectivity index (χ1v) is 9.82. The maximum atomic E-state index is 12.8. The molecular weight excluding hydrogens is 334 g/mol. The highest BCUT2D eigenvalue weighted by Crippen LogP contribution is 2.54. The third-order valence-electron chi connectivity index (χ3n) is 6.05. The molecule has 0 unspecified atom stereocenters. The van der Waals surface area contributed by atoms with Crippen molar-refractivity contribution in [1.82, 2.24) is 0 Å². The molecule has 0 bridgehead atoms. The zero-order valence-electron chi connectivity index (χ0n) is 16.0. The number of rotatable bonds is 5. The minimum Gasteiger partial charge on any atom is -0.457 e. The molecule has 0 aromatic heterocycles. The monoisotopic (exact) mass is 361 g/mol. The molecule has 3 nitrogen and oxygen atoms in total. The Morgan fingerprint density at radius 1 is 1.07 bits per heavy atom. The second-order valence-corrected chi connectivity index (χ2v) is 8.06. The molecule has 2 aromatic carbocycles. The molecule has 2 aromatic rings. The van der Waals surface area contributed by atoms with Crippen LogP contribution in [0.3, 0.4) is 0 Å². The number of hydrogen-bond acceptors (Lipinski definition) is 3. The van der Waals surface area contributed by atoms with E-state index >= 15 is 0 Å². The van der Waals surface area contributed by atoms with E-state index in [0.717, 1.165) is 35.5 Å². The fraction of sp³-hybridized carbons (Fsp3) is 0.375. The van der Waals surface area contributed by atoms with Crippen LogP contribution in [0.1, 0.15) is 54.1 Å². The van der Waals surface area contributed by atoms with Gasteiger partial charge in [0.2, 0.25) is 0 Å². The van der Waals surface area contributed by atoms with Crippen LogP contribution in [0.25, 0.3) is 5.57 Å². The van der Waals surface area contributed by atoms with Crippen LogP contribution in [-0.4, -0.2) is 19.1 Å². The van der Waals surface area contributed by atoms with E-state index < -0.39 is 0 Å². The number of hydrogen-bond donors (Lipinski definition) is 0. The highest BCUT2D eigenvalue weighted by molar-refractivity contribution is 5.96. The van der Waals surface area contributed by atoms with Gasteiger partial charge in [-0.15, -0.1) is 0 Å². The number of benzene rings is 2. The van der Waals surface area contributed by atoms with Crippen LogP contribution in [0.2, 0.25) is 0 Å². The lowest BCUT2D eigenvalue weighted by molar-refractivity contribution is 0.0473. The van der Waals surface area contributed by atoms with Crippen molar-refractivity contribution >= 4 is 17.2 Å². The first kappa shape index (κ1) is 17.8. The van der Waals surface area contributed by atoms with E-state index in [1.165, 1.54) is 25.7 Å². The second kappa shape index (κ2) is 7.22. The van der Waals surface area contributed by atoms with Crippen molar-refractivity contribution in [3.63, 3.8) is 0 Å². The Hall–Kier alpha value is -2.55. The summed E-state index contributed by atoms with van der Waals surface area (Å²) in [6, 6.07) is 15.8. The highest BCUT2D eigenvalue weighted by atomic mass is 16.5. The molecule has 27 heavy (non-hydrogen) atoms. The second-order valence-electron chi connectivity index (χ2n) is 8.06. The minimum absolute atomic E-state index is 0.256. The summed E-state index contributed by atoms with van der Waals surface area (Å²) in [5.74, 6) is -0.256. The summed E-state index contributed by atoms with van der Waals surface area (Å²) >= 11 is 0. The van der Waals surface area contributed by atoms with Crippen molar-refractivity contribution in [2.24, 2.45) is 5.41 Å². The third-order valence-corrected chi connectivity index (χ3v) is 6.05. The quantitative estimate of drug-likeness (QED) is 0.663. The molecule has 0 radical (unpaired) electrons. The number of ether oxygens (including phenoxy) is 1. The van der Waals surface area contributed by atoms with Gasteiger partial charge in [0.05, 0.1) is 11.3 Å². The zero-order valence-corrected chi connectivity index (χ0v) is 16.0. The number of allylic oxidation sites excluding steroid dienone is 1.